The maximum absolute atomic E-state index is 13.2. The van der Waals surface area contributed by atoms with Gasteiger partial charge in [0.25, 0.3) is 5.69 Å². The first-order valence-corrected chi connectivity index (χ1v) is 6.10. The molecule has 2 aromatic rings. The fraction of sp³-hybridized carbons (Fsp3) is 0.133. The molecular formula is C15H11F2NO3. The van der Waals surface area contributed by atoms with E-state index in [1.807, 2.05) is 13.0 Å². The van der Waals surface area contributed by atoms with Crippen LogP contribution in [-0.4, -0.2) is 10.7 Å². The van der Waals surface area contributed by atoms with Gasteiger partial charge in [0.15, 0.2) is 17.4 Å². The van der Waals surface area contributed by atoms with E-state index in [-0.39, 0.29) is 6.42 Å². The lowest BCUT2D eigenvalue weighted by Crippen LogP contribution is -2.09. The Morgan fingerprint density at radius 3 is 2.48 bits per heavy atom. The van der Waals surface area contributed by atoms with E-state index in [9.17, 15) is 23.7 Å². The number of nitro benzene ring substituents is 1. The molecule has 0 N–H and O–H groups in total. The summed E-state index contributed by atoms with van der Waals surface area (Å²) >= 11 is 0. The smallest absolute Gasteiger partial charge is 0.283 e. The summed E-state index contributed by atoms with van der Waals surface area (Å²) in [5.41, 5.74) is 0.422. The summed E-state index contributed by atoms with van der Waals surface area (Å²) in [6, 6.07) is 8.04. The molecular weight excluding hydrogens is 280 g/mol. The Hall–Kier alpha value is -2.63. The van der Waals surface area contributed by atoms with Crippen molar-refractivity contribution < 1.29 is 18.5 Å². The van der Waals surface area contributed by atoms with E-state index in [4.69, 9.17) is 0 Å². The molecule has 0 fully saturated rings. The minimum atomic E-state index is -1.35. The number of ketones is 1. The molecule has 0 spiro atoms. The molecule has 0 aliphatic heterocycles. The van der Waals surface area contributed by atoms with Gasteiger partial charge in [-0.05, 0) is 18.6 Å². The van der Waals surface area contributed by atoms with Gasteiger partial charge in [-0.15, -0.1) is 0 Å². The molecule has 0 aliphatic rings. The second-order valence-electron chi connectivity index (χ2n) is 4.63. The number of benzene rings is 2. The van der Waals surface area contributed by atoms with E-state index in [0.717, 1.165) is 5.56 Å². The molecule has 6 heteroatoms. The largest absolute Gasteiger partial charge is 0.294 e. The van der Waals surface area contributed by atoms with E-state index in [2.05, 4.69) is 0 Å². The quantitative estimate of drug-likeness (QED) is 0.491. The number of nitro groups is 1. The van der Waals surface area contributed by atoms with E-state index in [1.165, 1.54) is 0 Å². The molecule has 0 aromatic heterocycles. The van der Waals surface area contributed by atoms with E-state index in [1.54, 1.807) is 18.2 Å². The monoisotopic (exact) mass is 291 g/mol. The molecule has 0 saturated heterocycles. The van der Waals surface area contributed by atoms with Gasteiger partial charge in [-0.25, -0.2) is 8.78 Å². The molecule has 21 heavy (non-hydrogen) atoms. The maximum Gasteiger partial charge on any atom is 0.283 e. The first-order valence-electron chi connectivity index (χ1n) is 6.10. The van der Waals surface area contributed by atoms with Crippen molar-refractivity contribution in [2.75, 3.05) is 0 Å². The molecule has 0 saturated carbocycles. The Labute approximate surface area is 119 Å². The zero-order valence-corrected chi connectivity index (χ0v) is 11.1. The van der Waals surface area contributed by atoms with Crippen LogP contribution < -0.4 is 0 Å². The number of hydrogen-bond acceptors (Lipinski definition) is 3. The Morgan fingerprint density at radius 1 is 1.19 bits per heavy atom. The molecule has 4 nitrogen and oxygen atoms in total. The van der Waals surface area contributed by atoms with Gasteiger partial charge in [0.2, 0.25) is 0 Å². The van der Waals surface area contributed by atoms with Crippen molar-refractivity contribution in [3.05, 3.63) is 74.8 Å². The average Bonchev–Trinajstić information content (AvgIpc) is 2.41. The predicted molar refractivity (Wildman–Crippen MR) is 72.2 cm³/mol. The van der Waals surface area contributed by atoms with Crippen LogP contribution in [0, 0.1) is 28.7 Å². The summed E-state index contributed by atoms with van der Waals surface area (Å²) in [5, 5.41) is 10.9. The molecule has 0 atom stereocenters. The van der Waals surface area contributed by atoms with Crippen LogP contribution in [0.15, 0.2) is 36.4 Å². The maximum atomic E-state index is 13.2. The van der Waals surface area contributed by atoms with E-state index in [0.29, 0.717) is 17.7 Å². The van der Waals surface area contributed by atoms with E-state index >= 15 is 0 Å². The number of Topliss-reactive ketones (excluding diaryl/α,β-unsaturated/α-hetero) is 1. The molecule has 0 unspecified atom stereocenters. The lowest BCUT2D eigenvalue weighted by molar-refractivity contribution is -0.385. The third-order valence-corrected chi connectivity index (χ3v) is 2.98. The van der Waals surface area contributed by atoms with Crippen LogP contribution in [0.5, 0.6) is 0 Å². The molecule has 2 rings (SSSR count). The van der Waals surface area contributed by atoms with E-state index < -0.39 is 33.6 Å². The Balaban J connectivity index is 2.39. The fourth-order valence-corrected chi connectivity index (χ4v) is 2.01. The van der Waals surface area contributed by atoms with Crippen molar-refractivity contribution in [1.82, 2.24) is 0 Å². The number of aryl methyl sites for hydroxylation is 1. The standard InChI is InChI=1S/C15H11F2NO3/c1-9-3-2-4-10(5-9)6-15(19)11-7-12(16)13(17)8-14(11)18(20)21/h2-5,7-8H,6H2,1H3. The van der Waals surface area contributed by atoms with Gasteiger partial charge >= 0.3 is 0 Å². The van der Waals surface area contributed by atoms with Gasteiger partial charge in [0.1, 0.15) is 0 Å². The van der Waals surface area contributed by atoms with Crippen molar-refractivity contribution in [2.24, 2.45) is 0 Å². The van der Waals surface area contributed by atoms with Gasteiger partial charge in [-0.2, -0.15) is 0 Å². The second-order valence-corrected chi connectivity index (χ2v) is 4.63. The predicted octanol–water partition coefficient (Wildman–Crippen LogP) is 3.61. The number of carbonyl (C=O) groups excluding carboxylic acids is 1. The van der Waals surface area contributed by atoms with Crippen LogP contribution in [0.3, 0.4) is 0 Å². The summed E-state index contributed by atoms with van der Waals surface area (Å²) in [6.45, 7) is 1.84. The zero-order valence-electron chi connectivity index (χ0n) is 11.1. The highest BCUT2D eigenvalue weighted by Crippen LogP contribution is 2.24. The third kappa shape index (κ3) is 3.28. The van der Waals surface area contributed by atoms with Crippen molar-refractivity contribution in [2.45, 2.75) is 13.3 Å². The Morgan fingerprint density at radius 2 is 1.86 bits per heavy atom. The lowest BCUT2D eigenvalue weighted by Gasteiger charge is -2.05. The van der Waals surface area contributed by atoms with Crippen molar-refractivity contribution in [3.8, 4) is 0 Å². The van der Waals surface area contributed by atoms with Crippen LogP contribution in [0.4, 0.5) is 14.5 Å². The highest BCUT2D eigenvalue weighted by atomic mass is 19.2. The number of carbonyl (C=O) groups is 1. The lowest BCUT2D eigenvalue weighted by atomic mass is 10.00. The normalized spacial score (nSPS) is 10.4. The van der Waals surface area contributed by atoms with Crippen molar-refractivity contribution in [1.29, 1.82) is 0 Å². The molecule has 2 aromatic carbocycles. The van der Waals surface area contributed by atoms with Crippen LogP contribution >= 0.6 is 0 Å². The molecule has 0 heterocycles. The minimum Gasteiger partial charge on any atom is -0.294 e. The highest BCUT2D eigenvalue weighted by molar-refractivity contribution is 6.01. The van der Waals surface area contributed by atoms with Crippen LogP contribution in [0.2, 0.25) is 0 Å². The zero-order chi connectivity index (χ0) is 15.6. The summed E-state index contributed by atoms with van der Waals surface area (Å²) in [6.07, 6.45) is -0.117. The van der Waals surface area contributed by atoms with Gasteiger partial charge in [0.05, 0.1) is 16.6 Å². The van der Waals surface area contributed by atoms with Crippen LogP contribution in [0.25, 0.3) is 0 Å². The third-order valence-electron chi connectivity index (χ3n) is 2.98. The SMILES string of the molecule is Cc1cccc(CC(=O)c2cc(F)c(F)cc2[N+](=O)[O-])c1. The average molecular weight is 291 g/mol. The van der Waals surface area contributed by atoms with Crippen molar-refractivity contribution in [3.63, 3.8) is 0 Å². The van der Waals surface area contributed by atoms with Gasteiger partial charge in [0, 0.05) is 6.42 Å². The number of rotatable bonds is 4. The Bertz CT molecular complexity index is 729. The summed E-state index contributed by atoms with van der Waals surface area (Å²) in [4.78, 5) is 22.1. The number of nitrogens with zero attached hydrogens (tertiary/aromatic N) is 1. The highest BCUT2D eigenvalue weighted by Gasteiger charge is 2.23. The second kappa shape index (κ2) is 5.78. The molecule has 0 radical (unpaired) electrons. The first-order chi connectivity index (χ1) is 9.88. The van der Waals surface area contributed by atoms with Gasteiger partial charge in [-0.1, -0.05) is 29.8 Å². The summed E-state index contributed by atoms with van der Waals surface area (Å²) in [5.74, 6) is -3.27. The van der Waals surface area contributed by atoms with Gasteiger partial charge < -0.3 is 0 Å². The topological polar surface area (TPSA) is 60.2 Å². The molecule has 0 bridgehead atoms. The summed E-state index contributed by atoms with van der Waals surface area (Å²) in [7, 11) is 0. The molecule has 108 valence electrons. The number of hydrogen-bond donors (Lipinski definition) is 0. The molecule has 0 aliphatic carbocycles. The summed E-state index contributed by atoms with van der Waals surface area (Å²) < 4.78 is 26.3. The van der Waals surface area contributed by atoms with Crippen molar-refractivity contribution >= 4 is 11.5 Å². The fourth-order valence-electron chi connectivity index (χ4n) is 2.01. The first kappa shape index (κ1) is 14.8. The van der Waals surface area contributed by atoms with Crippen LogP contribution in [-0.2, 0) is 6.42 Å². The van der Waals surface area contributed by atoms with Gasteiger partial charge in [-0.3, -0.25) is 14.9 Å². The minimum absolute atomic E-state index is 0.117. The molecule has 0 amide bonds. The Kier molecular flexibility index (Phi) is 4.07. The van der Waals surface area contributed by atoms with Crippen LogP contribution in [0.1, 0.15) is 21.5 Å². The number of halogens is 2.